The highest BCUT2D eigenvalue weighted by molar-refractivity contribution is 7.90. The Balaban J connectivity index is 1.59. The second kappa shape index (κ2) is 8.31. The summed E-state index contributed by atoms with van der Waals surface area (Å²) in [6, 6.07) is 9.31. The Bertz CT molecular complexity index is 969. The predicted octanol–water partition coefficient (Wildman–Crippen LogP) is 1.59. The van der Waals surface area contributed by atoms with Crippen molar-refractivity contribution in [3.05, 3.63) is 46.7 Å². The van der Waals surface area contributed by atoms with Crippen LogP contribution in [0.25, 0.3) is 0 Å². The van der Waals surface area contributed by atoms with Crippen LogP contribution in [-0.2, 0) is 14.8 Å². The molecule has 0 aliphatic carbocycles. The third-order valence-corrected chi connectivity index (χ3v) is 5.96. The SMILES string of the molecule is O=C(CNC(=O)c1cccs1)Nc1cccc(S(=O)(=O)NC2=NCCC2)c1. The van der Waals surface area contributed by atoms with Gasteiger partial charge in [-0.3, -0.25) is 19.3 Å². The molecule has 10 heteroatoms. The predicted molar refractivity (Wildman–Crippen MR) is 104 cm³/mol. The Morgan fingerprint density at radius 1 is 1.19 bits per heavy atom. The lowest BCUT2D eigenvalue weighted by Crippen LogP contribution is -2.32. The summed E-state index contributed by atoms with van der Waals surface area (Å²) in [6.07, 6.45) is 1.42. The van der Waals surface area contributed by atoms with E-state index in [0.29, 0.717) is 29.4 Å². The zero-order valence-electron chi connectivity index (χ0n) is 14.3. The van der Waals surface area contributed by atoms with Crippen LogP contribution in [-0.4, -0.2) is 39.2 Å². The van der Waals surface area contributed by atoms with Crippen molar-refractivity contribution in [2.45, 2.75) is 17.7 Å². The summed E-state index contributed by atoms with van der Waals surface area (Å²) < 4.78 is 27.3. The van der Waals surface area contributed by atoms with Crippen LogP contribution in [0.4, 0.5) is 5.69 Å². The van der Waals surface area contributed by atoms with Crippen LogP contribution in [0.1, 0.15) is 22.5 Å². The Hall–Kier alpha value is -2.72. The van der Waals surface area contributed by atoms with E-state index in [1.54, 1.807) is 23.6 Å². The van der Waals surface area contributed by atoms with Gasteiger partial charge in [0, 0.05) is 18.7 Å². The second-order valence-electron chi connectivity index (χ2n) is 5.77. The van der Waals surface area contributed by atoms with Gasteiger partial charge in [0.05, 0.1) is 16.3 Å². The number of hydrogen-bond donors (Lipinski definition) is 3. The lowest BCUT2D eigenvalue weighted by Gasteiger charge is -2.10. The fourth-order valence-electron chi connectivity index (χ4n) is 2.44. The summed E-state index contributed by atoms with van der Waals surface area (Å²) in [7, 11) is -3.76. The van der Waals surface area contributed by atoms with E-state index in [1.807, 2.05) is 0 Å². The maximum atomic E-state index is 12.4. The lowest BCUT2D eigenvalue weighted by atomic mass is 10.3. The van der Waals surface area contributed by atoms with Gasteiger partial charge in [-0.05, 0) is 36.1 Å². The molecule has 0 atom stereocenters. The van der Waals surface area contributed by atoms with Gasteiger partial charge in [-0.25, -0.2) is 8.42 Å². The van der Waals surface area contributed by atoms with Crippen LogP contribution in [0.15, 0.2) is 51.7 Å². The van der Waals surface area contributed by atoms with Gasteiger partial charge in [-0.15, -0.1) is 11.3 Å². The van der Waals surface area contributed by atoms with Crippen molar-refractivity contribution in [2.75, 3.05) is 18.4 Å². The van der Waals surface area contributed by atoms with Gasteiger partial charge in [-0.1, -0.05) is 12.1 Å². The van der Waals surface area contributed by atoms with Crippen molar-refractivity contribution in [1.29, 1.82) is 0 Å². The molecular weight excluding hydrogens is 388 g/mol. The number of aliphatic imine (C=N–C) groups is 1. The minimum Gasteiger partial charge on any atom is -0.342 e. The molecule has 0 bridgehead atoms. The molecule has 0 fully saturated rings. The number of carbonyl (C=O) groups excluding carboxylic acids is 2. The largest absolute Gasteiger partial charge is 0.342 e. The molecule has 27 heavy (non-hydrogen) atoms. The van der Waals surface area contributed by atoms with E-state index in [9.17, 15) is 18.0 Å². The fourth-order valence-corrected chi connectivity index (χ4v) is 4.21. The Kier molecular flexibility index (Phi) is 5.87. The Labute approximate surface area is 160 Å². The summed E-state index contributed by atoms with van der Waals surface area (Å²) in [4.78, 5) is 28.5. The first kappa shape index (κ1) is 19.1. The van der Waals surface area contributed by atoms with Gasteiger partial charge in [0.2, 0.25) is 5.91 Å². The van der Waals surface area contributed by atoms with Crippen LogP contribution < -0.4 is 15.4 Å². The van der Waals surface area contributed by atoms with Crippen LogP contribution in [0.3, 0.4) is 0 Å². The number of hydrogen-bond acceptors (Lipinski definition) is 6. The molecule has 1 aromatic heterocycles. The summed E-state index contributed by atoms with van der Waals surface area (Å²) in [5.74, 6) is -0.346. The van der Waals surface area contributed by atoms with Crippen LogP contribution in [0.2, 0.25) is 0 Å². The molecule has 0 spiro atoms. The summed E-state index contributed by atoms with van der Waals surface area (Å²) >= 11 is 1.28. The van der Waals surface area contributed by atoms with Gasteiger partial charge in [0.25, 0.3) is 15.9 Å². The molecule has 0 unspecified atom stereocenters. The van der Waals surface area contributed by atoms with Crippen molar-refractivity contribution >= 4 is 44.7 Å². The average Bonchev–Trinajstić information content (AvgIpc) is 3.33. The van der Waals surface area contributed by atoms with E-state index < -0.39 is 15.9 Å². The normalized spacial score (nSPS) is 13.7. The Morgan fingerprint density at radius 3 is 2.74 bits per heavy atom. The first-order chi connectivity index (χ1) is 12.9. The average molecular weight is 406 g/mol. The van der Waals surface area contributed by atoms with Gasteiger partial charge in [-0.2, -0.15) is 0 Å². The minimum atomic E-state index is -3.76. The molecule has 2 aromatic rings. The summed E-state index contributed by atoms with van der Waals surface area (Å²) in [5.41, 5.74) is 0.321. The van der Waals surface area contributed by atoms with Gasteiger partial charge >= 0.3 is 0 Å². The number of sulfonamides is 1. The first-order valence-electron chi connectivity index (χ1n) is 8.22. The van der Waals surface area contributed by atoms with E-state index in [1.165, 1.54) is 29.5 Å². The van der Waals surface area contributed by atoms with Gasteiger partial charge < -0.3 is 10.6 Å². The number of rotatable bonds is 6. The quantitative estimate of drug-likeness (QED) is 0.675. The molecule has 142 valence electrons. The highest BCUT2D eigenvalue weighted by Crippen LogP contribution is 2.16. The zero-order chi connectivity index (χ0) is 19.3. The topological polar surface area (TPSA) is 117 Å². The van der Waals surface area contributed by atoms with E-state index in [0.717, 1.165) is 6.42 Å². The van der Waals surface area contributed by atoms with Crippen molar-refractivity contribution in [3.8, 4) is 0 Å². The smallest absolute Gasteiger partial charge is 0.262 e. The molecule has 0 radical (unpaired) electrons. The van der Waals surface area contributed by atoms with E-state index in [2.05, 4.69) is 20.3 Å². The molecule has 0 saturated carbocycles. The fraction of sp³-hybridized carbons (Fsp3) is 0.235. The molecule has 1 aliphatic heterocycles. The molecule has 2 amide bonds. The van der Waals surface area contributed by atoms with E-state index in [-0.39, 0.29) is 17.3 Å². The molecule has 0 saturated heterocycles. The maximum Gasteiger partial charge on any atom is 0.262 e. The zero-order valence-corrected chi connectivity index (χ0v) is 15.9. The van der Waals surface area contributed by atoms with Crippen molar-refractivity contribution in [3.63, 3.8) is 0 Å². The maximum absolute atomic E-state index is 12.4. The van der Waals surface area contributed by atoms with Crippen molar-refractivity contribution < 1.29 is 18.0 Å². The van der Waals surface area contributed by atoms with Crippen LogP contribution in [0.5, 0.6) is 0 Å². The number of nitrogens with one attached hydrogen (secondary N) is 3. The lowest BCUT2D eigenvalue weighted by molar-refractivity contribution is -0.115. The minimum absolute atomic E-state index is 0.0255. The second-order valence-corrected chi connectivity index (χ2v) is 8.40. The first-order valence-corrected chi connectivity index (χ1v) is 10.6. The van der Waals surface area contributed by atoms with E-state index >= 15 is 0 Å². The molecule has 3 N–H and O–H groups in total. The number of nitrogens with zero attached hydrogens (tertiary/aromatic N) is 1. The number of benzene rings is 1. The van der Waals surface area contributed by atoms with Gasteiger partial charge in [0.1, 0.15) is 5.84 Å². The third-order valence-electron chi connectivity index (χ3n) is 3.71. The van der Waals surface area contributed by atoms with Gasteiger partial charge in [0.15, 0.2) is 0 Å². The van der Waals surface area contributed by atoms with E-state index in [4.69, 9.17) is 0 Å². The monoisotopic (exact) mass is 406 g/mol. The summed E-state index contributed by atoms with van der Waals surface area (Å²) in [6.45, 7) is 0.397. The van der Waals surface area contributed by atoms with Crippen LogP contribution >= 0.6 is 11.3 Å². The standard InChI is InChI=1S/C17H18N4O4S2/c22-16(11-19-17(23)14-6-3-9-26-14)20-12-4-1-5-13(10-12)27(24,25)21-15-7-2-8-18-15/h1,3-6,9-10H,2,7-8,11H2,(H,18,21)(H,19,23)(H,20,22). The van der Waals surface area contributed by atoms with Crippen molar-refractivity contribution in [2.24, 2.45) is 4.99 Å². The highest BCUT2D eigenvalue weighted by Gasteiger charge is 2.19. The molecule has 8 nitrogen and oxygen atoms in total. The molecule has 1 aliphatic rings. The molecule has 2 heterocycles. The van der Waals surface area contributed by atoms with Crippen molar-refractivity contribution in [1.82, 2.24) is 10.0 Å². The number of carbonyl (C=O) groups is 2. The number of amidine groups is 1. The Morgan fingerprint density at radius 2 is 2.04 bits per heavy atom. The number of amides is 2. The molecular formula is C17H18N4O4S2. The molecule has 3 rings (SSSR count). The van der Waals surface area contributed by atoms with Crippen LogP contribution in [0, 0.1) is 0 Å². The number of thiophene rings is 1. The molecule has 1 aromatic carbocycles. The number of anilines is 1. The highest BCUT2D eigenvalue weighted by atomic mass is 32.2. The third kappa shape index (κ3) is 5.14. The summed E-state index contributed by atoms with van der Waals surface area (Å²) in [5, 5.41) is 6.86.